The van der Waals surface area contributed by atoms with E-state index in [1.807, 2.05) is 0 Å². The van der Waals surface area contributed by atoms with Crippen LogP contribution in [0, 0.1) is 0 Å². The summed E-state index contributed by atoms with van der Waals surface area (Å²) in [5.41, 5.74) is -3.29. The lowest BCUT2D eigenvalue weighted by Crippen LogP contribution is -2.22. The van der Waals surface area contributed by atoms with Crippen molar-refractivity contribution in [2.75, 3.05) is 18.5 Å². The quantitative estimate of drug-likeness (QED) is 0.378. The lowest BCUT2D eigenvalue weighted by molar-refractivity contribution is -0.0327. The van der Waals surface area contributed by atoms with Crippen LogP contribution in [0.25, 0.3) is 10.9 Å². The number of aliphatic hydroxyl groups excluding tert-OH is 2. The van der Waals surface area contributed by atoms with Crippen LogP contribution >= 0.6 is 11.8 Å². The topological polar surface area (TPSA) is 91.7 Å². The van der Waals surface area contributed by atoms with Gasteiger partial charge in [-0.2, -0.15) is 13.2 Å². The number of carbonyl (C=O) groups excluding carboxylic acids is 1. The standard InChI is InChI=1S/C20H17F3N2O4S/c21-20(22,23)30-17-7-3-5-13-16(8-9-24-18(13)17)25-15-6-2-1-4-14(15)19(28)29-11-12(27)10-26/h1-9,12,26-27H,10-11H2,(H,24,25). The van der Waals surface area contributed by atoms with Crippen molar-refractivity contribution in [1.82, 2.24) is 4.98 Å². The van der Waals surface area contributed by atoms with Crippen LogP contribution < -0.4 is 5.32 Å². The molecule has 0 saturated carbocycles. The molecule has 0 aliphatic heterocycles. The summed E-state index contributed by atoms with van der Waals surface area (Å²) in [6, 6.07) is 12.5. The zero-order valence-corrected chi connectivity index (χ0v) is 16.2. The summed E-state index contributed by atoms with van der Waals surface area (Å²) in [5, 5.41) is 21.7. The molecule has 3 rings (SSSR count). The number of hydrogen-bond donors (Lipinski definition) is 3. The molecular formula is C20H17F3N2O4S. The SMILES string of the molecule is O=C(OCC(O)CO)c1ccccc1Nc1ccnc2c(SC(F)(F)F)cccc12. The maximum Gasteiger partial charge on any atom is 0.446 e. The fraction of sp³-hybridized carbons (Fsp3) is 0.200. The zero-order valence-electron chi connectivity index (χ0n) is 15.4. The van der Waals surface area contributed by atoms with Gasteiger partial charge in [0, 0.05) is 22.2 Å². The van der Waals surface area contributed by atoms with Crippen LogP contribution in [0.15, 0.2) is 59.6 Å². The number of pyridine rings is 1. The second-order valence-electron chi connectivity index (χ2n) is 6.16. The fourth-order valence-electron chi connectivity index (χ4n) is 2.68. The van der Waals surface area contributed by atoms with Gasteiger partial charge in [0.1, 0.15) is 12.7 Å². The Morgan fingerprint density at radius 3 is 2.63 bits per heavy atom. The van der Waals surface area contributed by atoms with Crippen LogP contribution in [0.4, 0.5) is 24.5 Å². The van der Waals surface area contributed by atoms with Crippen LogP contribution in [-0.4, -0.2) is 46.0 Å². The van der Waals surface area contributed by atoms with Crippen molar-refractivity contribution in [3.63, 3.8) is 0 Å². The van der Waals surface area contributed by atoms with Gasteiger partial charge in [0.2, 0.25) is 0 Å². The van der Waals surface area contributed by atoms with Crippen LogP contribution in [-0.2, 0) is 4.74 Å². The highest BCUT2D eigenvalue weighted by molar-refractivity contribution is 8.00. The minimum atomic E-state index is -4.45. The van der Waals surface area contributed by atoms with E-state index in [0.29, 0.717) is 16.8 Å². The number of fused-ring (bicyclic) bond motifs is 1. The molecule has 0 amide bonds. The molecule has 0 saturated heterocycles. The van der Waals surface area contributed by atoms with E-state index in [2.05, 4.69) is 10.3 Å². The van der Waals surface area contributed by atoms with Gasteiger partial charge in [-0.1, -0.05) is 24.3 Å². The maximum atomic E-state index is 12.8. The van der Waals surface area contributed by atoms with E-state index in [-0.39, 0.29) is 34.3 Å². The van der Waals surface area contributed by atoms with Gasteiger partial charge in [-0.05, 0) is 36.0 Å². The number of aliphatic hydroxyl groups is 2. The number of benzene rings is 2. The van der Waals surface area contributed by atoms with Gasteiger partial charge in [0.25, 0.3) is 0 Å². The largest absolute Gasteiger partial charge is 0.459 e. The Hall–Kier alpha value is -2.82. The number of nitrogens with one attached hydrogen (secondary N) is 1. The average molecular weight is 438 g/mol. The lowest BCUT2D eigenvalue weighted by Gasteiger charge is -2.15. The van der Waals surface area contributed by atoms with Crippen molar-refractivity contribution >= 4 is 40.0 Å². The van der Waals surface area contributed by atoms with E-state index in [9.17, 15) is 23.1 Å². The summed E-state index contributed by atoms with van der Waals surface area (Å²) in [7, 11) is 0. The number of carbonyl (C=O) groups is 1. The number of para-hydroxylation sites is 2. The Morgan fingerprint density at radius 2 is 1.90 bits per heavy atom. The molecule has 10 heteroatoms. The van der Waals surface area contributed by atoms with Gasteiger partial charge >= 0.3 is 11.5 Å². The van der Waals surface area contributed by atoms with Crippen molar-refractivity contribution in [3.05, 3.63) is 60.3 Å². The average Bonchev–Trinajstić information content (AvgIpc) is 2.71. The molecule has 1 heterocycles. The molecular weight excluding hydrogens is 421 g/mol. The summed E-state index contributed by atoms with van der Waals surface area (Å²) >= 11 is -0.244. The van der Waals surface area contributed by atoms with Gasteiger partial charge < -0.3 is 20.3 Å². The van der Waals surface area contributed by atoms with Gasteiger partial charge in [-0.15, -0.1) is 0 Å². The minimum Gasteiger partial charge on any atom is -0.459 e. The monoisotopic (exact) mass is 438 g/mol. The fourth-order valence-corrected chi connectivity index (χ4v) is 3.34. The van der Waals surface area contributed by atoms with E-state index in [0.717, 1.165) is 0 Å². The van der Waals surface area contributed by atoms with E-state index >= 15 is 0 Å². The molecule has 0 fully saturated rings. The Bertz CT molecular complexity index is 1050. The molecule has 0 aliphatic carbocycles. The summed E-state index contributed by atoms with van der Waals surface area (Å²) in [5.74, 6) is -0.725. The van der Waals surface area contributed by atoms with Crippen LogP contribution in [0.3, 0.4) is 0 Å². The highest BCUT2D eigenvalue weighted by Crippen LogP contribution is 2.41. The summed E-state index contributed by atoms with van der Waals surface area (Å²) < 4.78 is 43.5. The van der Waals surface area contributed by atoms with Gasteiger partial charge in [-0.3, -0.25) is 4.98 Å². The third-order valence-electron chi connectivity index (χ3n) is 3.99. The van der Waals surface area contributed by atoms with E-state index in [4.69, 9.17) is 9.84 Å². The van der Waals surface area contributed by atoms with E-state index in [1.165, 1.54) is 24.4 Å². The summed E-state index contributed by atoms with van der Waals surface area (Å²) in [4.78, 5) is 16.4. The number of aromatic nitrogens is 1. The number of rotatable bonds is 7. The third kappa shape index (κ3) is 5.41. The number of ether oxygens (including phenoxy) is 1. The number of halogens is 3. The van der Waals surface area contributed by atoms with Gasteiger partial charge in [-0.25, -0.2) is 4.79 Å². The van der Waals surface area contributed by atoms with Crippen LogP contribution in [0.5, 0.6) is 0 Å². The number of alkyl halides is 3. The molecule has 3 N–H and O–H groups in total. The molecule has 3 aromatic rings. The second kappa shape index (κ2) is 9.33. The van der Waals surface area contributed by atoms with Crippen molar-refractivity contribution in [2.24, 2.45) is 0 Å². The molecule has 0 spiro atoms. The van der Waals surface area contributed by atoms with Crippen molar-refractivity contribution in [3.8, 4) is 0 Å². The number of anilines is 2. The first-order valence-electron chi connectivity index (χ1n) is 8.74. The molecule has 158 valence electrons. The maximum absolute atomic E-state index is 12.8. The first-order valence-corrected chi connectivity index (χ1v) is 9.55. The zero-order chi connectivity index (χ0) is 21.7. The molecule has 2 aromatic carbocycles. The Kier molecular flexibility index (Phi) is 6.80. The number of thioether (sulfide) groups is 1. The number of hydrogen-bond acceptors (Lipinski definition) is 7. The molecule has 6 nitrogen and oxygen atoms in total. The highest BCUT2D eigenvalue weighted by Gasteiger charge is 2.30. The predicted molar refractivity (Wildman–Crippen MR) is 107 cm³/mol. The molecule has 0 radical (unpaired) electrons. The first kappa shape index (κ1) is 21.9. The highest BCUT2D eigenvalue weighted by atomic mass is 32.2. The Morgan fingerprint density at radius 1 is 1.13 bits per heavy atom. The van der Waals surface area contributed by atoms with Crippen LogP contribution in [0.1, 0.15) is 10.4 Å². The Labute approximate surface area is 173 Å². The molecule has 1 unspecified atom stereocenters. The smallest absolute Gasteiger partial charge is 0.446 e. The molecule has 0 bridgehead atoms. The van der Waals surface area contributed by atoms with Crippen LogP contribution in [0.2, 0.25) is 0 Å². The molecule has 1 aromatic heterocycles. The van der Waals surface area contributed by atoms with E-state index in [1.54, 1.807) is 30.3 Å². The second-order valence-corrected chi connectivity index (χ2v) is 7.27. The first-order chi connectivity index (χ1) is 14.3. The van der Waals surface area contributed by atoms with E-state index < -0.39 is 24.2 Å². The van der Waals surface area contributed by atoms with Gasteiger partial charge in [0.15, 0.2) is 0 Å². The summed E-state index contributed by atoms with van der Waals surface area (Å²) in [6.45, 7) is -0.922. The van der Waals surface area contributed by atoms with Gasteiger partial charge in [0.05, 0.1) is 23.4 Å². The number of esters is 1. The minimum absolute atomic E-state index is 0.0330. The van der Waals surface area contributed by atoms with Crippen molar-refractivity contribution in [2.45, 2.75) is 16.5 Å². The number of nitrogens with zero attached hydrogens (tertiary/aromatic N) is 1. The molecule has 1 atom stereocenters. The van der Waals surface area contributed by atoms with Crippen molar-refractivity contribution in [1.29, 1.82) is 0 Å². The summed E-state index contributed by atoms with van der Waals surface area (Å²) in [6.07, 6.45) is 0.187. The molecule has 30 heavy (non-hydrogen) atoms. The third-order valence-corrected chi connectivity index (χ3v) is 4.77. The predicted octanol–water partition coefficient (Wildman–Crippen LogP) is 4.10. The van der Waals surface area contributed by atoms with Crippen molar-refractivity contribution < 1.29 is 32.9 Å². The normalized spacial score (nSPS) is 12.6. The Balaban J connectivity index is 1.92. The molecule has 0 aliphatic rings. The lowest BCUT2D eigenvalue weighted by atomic mass is 10.1.